The van der Waals surface area contributed by atoms with Gasteiger partial charge in [0.25, 0.3) is 0 Å². The number of carboxylic acids is 1. The lowest BCUT2D eigenvalue weighted by Crippen LogP contribution is -2.58. The molecule has 0 saturated heterocycles. The largest absolute Gasteiger partial charge is 0.480 e. The van der Waals surface area contributed by atoms with Crippen LogP contribution in [0.1, 0.15) is 27.2 Å². The zero-order valence-electron chi connectivity index (χ0n) is 12.9. The van der Waals surface area contributed by atoms with E-state index in [1.165, 1.54) is 6.92 Å². The van der Waals surface area contributed by atoms with Crippen LogP contribution in [0.3, 0.4) is 0 Å². The summed E-state index contributed by atoms with van der Waals surface area (Å²) in [5, 5.41) is 31.7. The summed E-state index contributed by atoms with van der Waals surface area (Å²) in [6.07, 6.45) is -0.674. The van der Waals surface area contributed by atoms with Crippen LogP contribution in [0.15, 0.2) is 0 Å². The molecule has 0 rings (SSSR count). The molecular weight excluding hydrogens is 294 g/mol. The molecule has 0 aliphatic rings. The van der Waals surface area contributed by atoms with Crippen LogP contribution in [0.25, 0.3) is 0 Å². The molecule has 0 aromatic carbocycles. The molecule has 9 heteroatoms. The molecule has 0 radical (unpaired) electrons. The van der Waals surface area contributed by atoms with E-state index in [-0.39, 0.29) is 5.92 Å². The van der Waals surface area contributed by atoms with Gasteiger partial charge in [0, 0.05) is 0 Å². The first kappa shape index (κ1) is 20.3. The highest BCUT2D eigenvalue weighted by Crippen LogP contribution is 2.05. The van der Waals surface area contributed by atoms with Gasteiger partial charge in [-0.05, 0) is 12.8 Å². The molecule has 0 aliphatic carbocycles. The molecule has 0 fully saturated rings. The number of nitrogens with one attached hydrogen (secondary N) is 2. The maximum absolute atomic E-state index is 11.9. The Morgan fingerprint density at radius 1 is 1.14 bits per heavy atom. The summed E-state index contributed by atoms with van der Waals surface area (Å²) in [7, 11) is 0. The van der Waals surface area contributed by atoms with Crippen LogP contribution in [0, 0.1) is 5.92 Å². The maximum atomic E-state index is 11.9. The van der Waals surface area contributed by atoms with Gasteiger partial charge in [-0.1, -0.05) is 20.3 Å². The smallest absolute Gasteiger partial charge is 0.328 e. The van der Waals surface area contributed by atoms with E-state index in [1.54, 1.807) is 6.92 Å². The monoisotopic (exact) mass is 319 g/mol. The zero-order valence-corrected chi connectivity index (χ0v) is 12.9. The van der Waals surface area contributed by atoms with Crippen molar-refractivity contribution in [1.29, 1.82) is 0 Å². The summed E-state index contributed by atoms with van der Waals surface area (Å²) in [4.78, 5) is 34.7. The minimum Gasteiger partial charge on any atom is -0.480 e. The predicted octanol–water partition coefficient (Wildman–Crippen LogP) is -2.21. The Kier molecular flexibility index (Phi) is 8.61. The number of aliphatic carboxylic acids is 1. The van der Waals surface area contributed by atoms with Crippen molar-refractivity contribution < 1.29 is 29.7 Å². The fourth-order valence-corrected chi connectivity index (χ4v) is 1.62. The van der Waals surface area contributed by atoms with Gasteiger partial charge in [-0.15, -0.1) is 0 Å². The fourth-order valence-electron chi connectivity index (χ4n) is 1.62. The first-order valence-corrected chi connectivity index (χ1v) is 7.03. The predicted molar refractivity (Wildman–Crippen MR) is 77.7 cm³/mol. The van der Waals surface area contributed by atoms with Gasteiger partial charge in [0.05, 0.1) is 18.8 Å². The maximum Gasteiger partial charge on any atom is 0.328 e. The van der Waals surface area contributed by atoms with Crippen molar-refractivity contribution in [1.82, 2.24) is 10.6 Å². The van der Waals surface area contributed by atoms with Gasteiger partial charge in [-0.2, -0.15) is 0 Å². The summed E-state index contributed by atoms with van der Waals surface area (Å²) >= 11 is 0. The molecule has 0 aromatic heterocycles. The molecule has 22 heavy (non-hydrogen) atoms. The summed E-state index contributed by atoms with van der Waals surface area (Å²) in [6.45, 7) is 4.10. The highest BCUT2D eigenvalue weighted by Gasteiger charge is 2.30. The molecule has 9 nitrogen and oxygen atoms in total. The number of aliphatic hydroxyl groups is 2. The van der Waals surface area contributed by atoms with Crippen molar-refractivity contribution in [2.75, 3.05) is 6.61 Å². The van der Waals surface area contributed by atoms with Gasteiger partial charge in [0.15, 0.2) is 6.04 Å². The Balaban J connectivity index is 4.79. The quantitative estimate of drug-likeness (QED) is 0.280. The van der Waals surface area contributed by atoms with Gasteiger partial charge in [-0.25, -0.2) is 4.79 Å². The van der Waals surface area contributed by atoms with Gasteiger partial charge >= 0.3 is 5.97 Å². The standard InChI is InChI=1S/C13H25N3O6/c1-4-6(2)9(14)12(20)15-8(5-17)11(19)16-10(7(3)18)13(21)22/h6-10,17-18H,4-5,14H2,1-3H3,(H,15,20)(H,16,19)(H,21,22). The van der Waals surface area contributed by atoms with E-state index >= 15 is 0 Å². The third-order valence-electron chi connectivity index (χ3n) is 3.42. The first-order chi connectivity index (χ1) is 10.1. The minimum absolute atomic E-state index is 0.119. The summed E-state index contributed by atoms with van der Waals surface area (Å²) in [6, 6.07) is -3.73. The Labute approximate surface area is 128 Å². The zero-order chi connectivity index (χ0) is 17.4. The number of nitrogens with two attached hydrogens (primary N) is 1. The number of carboxylic acid groups (broad SMARTS) is 1. The van der Waals surface area contributed by atoms with Crippen molar-refractivity contribution in [2.45, 2.75) is 51.4 Å². The number of amides is 2. The van der Waals surface area contributed by atoms with Crippen LogP contribution in [-0.2, 0) is 14.4 Å². The molecule has 5 atom stereocenters. The molecule has 128 valence electrons. The van der Waals surface area contributed by atoms with Crippen molar-refractivity contribution in [3.05, 3.63) is 0 Å². The molecule has 7 N–H and O–H groups in total. The van der Waals surface area contributed by atoms with E-state index < -0.39 is 48.6 Å². The lowest BCUT2D eigenvalue weighted by molar-refractivity contribution is -0.145. The SMILES string of the molecule is CCC(C)C(N)C(=O)NC(CO)C(=O)NC(C(=O)O)C(C)O. The van der Waals surface area contributed by atoms with E-state index in [1.807, 2.05) is 6.92 Å². The average molecular weight is 319 g/mol. The Morgan fingerprint density at radius 3 is 2.05 bits per heavy atom. The average Bonchev–Trinajstić information content (AvgIpc) is 2.47. The van der Waals surface area contributed by atoms with Gasteiger partial charge in [0.2, 0.25) is 11.8 Å². The highest BCUT2D eigenvalue weighted by molar-refractivity contribution is 5.92. The lowest BCUT2D eigenvalue weighted by atomic mass is 9.99. The minimum atomic E-state index is -1.54. The van der Waals surface area contributed by atoms with Crippen molar-refractivity contribution in [2.24, 2.45) is 11.7 Å². The lowest BCUT2D eigenvalue weighted by Gasteiger charge is -2.24. The highest BCUT2D eigenvalue weighted by atomic mass is 16.4. The van der Waals surface area contributed by atoms with Gasteiger partial charge in [0.1, 0.15) is 6.04 Å². The number of carbonyl (C=O) groups excluding carboxylic acids is 2. The van der Waals surface area contributed by atoms with Crippen LogP contribution >= 0.6 is 0 Å². The number of hydrogen-bond donors (Lipinski definition) is 6. The second-order valence-electron chi connectivity index (χ2n) is 5.22. The molecule has 0 aliphatic heterocycles. The van der Waals surface area contributed by atoms with Gasteiger partial charge in [-0.3, -0.25) is 9.59 Å². The second-order valence-corrected chi connectivity index (χ2v) is 5.22. The van der Waals surface area contributed by atoms with E-state index in [0.717, 1.165) is 0 Å². The van der Waals surface area contributed by atoms with E-state index in [4.69, 9.17) is 10.8 Å². The molecular formula is C13H25N3O6. The van der Waals surface area contributed by atoms with Crippen LogP contribution in [0.2, 0.25) is 0 Å². The molecule has 0 spiro atoms. The van der Waals surface area contributed by atoms with Gasteiger partial charge < -0.3 is 31.7 Å². The number of carbonyl (C=O) groups is 3. The van der Waals surface area contributed by atoms with E-state index in [0.29, 0.717) is 6.42 Å². The molecule has 0 saturated carbocycles. The van der Waals surface area contributed by atoms with Crippen molar-refractivity contribution in [3.8, 4) is 0 Å². The normalized spacial score (nSPS) is 17.7. The molecule has 0 bridgehead atoms. The fraction of sp³-hybridized carbons (Fsp3) is 0.769. The summed E-state index contributed by atoms with van der Waals surface area (Å²) in [5.41, 5.74) is 5.71. The number of hydrogen-bond acceptors (Lipinski definition) is 6. The topological polar surface area (TPSA) is 162 Å². The van der Waals surface area contributed by atoms with Crippen molar-refractivity contribution >= 4 is 17.8 Å². The number of aliphatic hydroxyl groups excluding tert-OH is 2. The molecule has 5 unspecified atom stereocenters. The molecule has 0 heterocycles. The Hall–Kier alpha value is -1.71. The Morgan fingerprint density at radius 2 is 1.68 bits per heavy atom. The summed E-state index contributed by atoms with van der Waals surface area (Å²) < 4.78 is 0. The van der Waals surface area contributed by atoms with E-state index in [9.17, 15) is 24.6 Å². The van der Waals surface area contributed by atoms with E-state index in [2.05, 4.69) is 10.6 Å². The first-order valence-electron chi connectivity index (χ1n) is 7.03. The van der Waals surface area contributed by atoms with Crippen LogP contribution in [0.4, 0.5) is 0 Å². The second kappa shape index (κ2) is 9.34. The Bertz CT molecular complexity index is 401. The summed E-state index contributed by atoms with van der Waals surface area (Å²) in [5.74, 6) is -3.08. The number of rotatable bonds is 9. The van der Waals surface area contributed by atoms with Crippen molar-refractivity contribution in [3.63, 3.8) is 0 Å². The third-order valence-corrected chi connectivity index (χ3v) is 3.42. The van der Waals surface area contributed by atoms with Crippen LogP contribution in [0.5, 0.6) is 0 Å². The molecule has 0 aromatic rings. The molecule has 2 amide bonds. The van der Waals surface area contributed by atoms with Crippen LogP contribution in [-0.4, -0.2) is 63.9 Å². The van der Waals surface area contributed by atoms with Crippen LogP contribution < -0.4 is 16.4 Å². The third kappa shape index (κ3) is 5.96.